The summed E-state index contributed by atoms with van der Waals surface area (Å²) in [5.74, 6) is -1.57. The molecule has 0 heterocycles. The van der Waals surface area contributed by atoms with Crippen molar-refractivity contribution < 1.29 is 27.7 Å². The number of amides is 1. The smallest absolute Gasteiger partial charge is 0.324 e. The standard InChI is InChI=1S/C16H22N2O7S/c1-4-12(5-2)17-15(19)10-25-16(20)11(3)26(23,24)14-8-6-13(7-9-14)18(21)22/h6-9,11-12H,4-5,10H2,1-3H3,(H,17,19)/t11-/m1/s1. The molecular weight excluding hydrogens is 364 g/mol. The topological polar surface area (TPSA) is 133 Å². The number of nitro benzene ring substituents is 1. The Labute approximate surface area is 151 Å². The predicted octanol–water partition coefficient (Wildman–Crippen LogP) is 1.60. The van der Waals surface area contributed by atoms with Crippen LogP contribution in [0.1, 0.15) is 33.6 Å². The number of hydrogen-bond acceptors (Lipinski definition) is 7. The molecule has 0 fully saturated rings. The van der Waals surface area contributed by atoms with E-state index in [-0.39, 0.29) is 16.6 Å². The second kappa shape index (κ2) is 9.27. The largest absolute Gasteiger partial charge is 0.455 e. The number of ether oxygens (including phenoxy) is 1. The van der Waals surface area contributed by atoms with Crippen molar-refractivity contribution in [1.82, 2.24) is 5.32 Å². The number of rotatable bonds is 9. The monoisotopic (exact) mass is 386 g/mol. The molecule has 0 unspecified atom stereocenters. The molecule has 10 heteroatoms. The van der Waals surface area contributed by atoms with Crippen LogP contribution in [-0.4, -0.2) is 43.1 Å². The van der Waals surface area contributed by atoms with Crippen LogP contribution in [0, 0.1) is 10.1 Å². The molecule has 9 nitrogen and oxygen atoms in total. The first kappa shape index (κ1) is 21.6. The number of nitro groups is 1. The summed E-state index contributed by atoms with van der Waals surface area (Å²) in [5.41, 5.74) is -0.266. The lowest BCUT2D eigenvalue weighted by molar-refractivity contribution is -0.384. The van der Waals surface area contributed by atoms with Crippen molar-refractivity contribution in [2.75, 3.05) is 6.61 Å². The van der Waals surface area contributed by atoms with Gasteiger partial charge in [0.15, 0.2) is 21.7 Å². The van der Waals surface area contributed by atoms with Crippen LogP contribution in [0.4, 0.5) is 5.69 Å². The Hall–Kier alpha value is -2.49. The first-order valence-electron chi connectivity index (χ1n) is 8.07. The van der Waals surface area contributed by atoms with Gasteiger partial charge in [0.05, 0.1) is 9.82 Å². The Bertz CT molecular complexity index is 755. The number of carbonyl (C=O) groups excluding carboxylic acids is 2. The van der Waals surface area contributed by atoms with E-state index in [4.69, 9.17) is 4.74 Å². The van der Waals surface area contributed by atoms with Gasteiger partial charge in [0.2, 0.25) is 0 Å². The third-order valence-corrected chi connectivity index (χ3v) is 5.92. The van der Waals surface area contributed by atoms with E-state index in [1.165, 1.54) is 0 Å². The first-order valence-corrected chi connectivity index (χ1v) is 9.62. The molecule has 0 aromatic heterocycles. The van der Waals surface area contributed by atoms with Gasteiger partial charge in [-0.2, -0.15) is 0 Å². The maximum Gasteiger partial charge on any atom is 0.324 e. The highest BCUT2D eigenvalue weighted by molar-refractivity contribution is 7.92. The number of sulfone groups is 1. The fourth-order valence-corrected chi connectivity index (χ4v) is 3.35. The van der Waals surface area contributed by atoms with Gasteiger partial charge in [-0.05, 0) is 31.9 Å². The minimum absolute atomic E-state index is 0.0394. The number of hydrogen-bond donors (Lipinski definition) is 1. The maximum atomic E-state index is 12.4. The quantitative estimate of drug-likeness (QED) is 0.387. The normalized spacial score (nSPS) is 12.5. The van der Waals surface area contributed by atoms with Crippen molar-refractivity contribution in [2.24, 2.45) is 0 Å². The number of nitrogens with one attached hydrogen (secondary N) is 1. The van der Waals surface area contributed by atoms with E-state index in [0.29, 0.717) is 0 Å². The van der Waals surface area contributed by atoms with E-state index in [2.05, 4.69) is 5.32 Å². The van der Waals surface area contributed by atoms with Gasteiger partial charge in [-0.15, -0.1) is 0 Å². The SMILES string of the molecule is CCC(CC)NC(=O)COC(=O)[C@@H](C)S(=O)(=O)c1ccc([N+](=O)[O-])cc1. The average Bonchev–Trinajstić information content (AvgIpc) is 2.63. The Morgan fingerprint density at radius 2 is 1.73 bits per heavy atom. The van der Waals surface area contributed by atoms with Gasteiger partial charge < -0.3 is 10.1 Å². The molecule has 1 amide bonds. The summed E-state index contributed by atoms with van der Waals surface area (Å²) in [6.07, 6.45) is 1.45. The summed E-state index contributed by atoms with van der Waals surface area (Å²) in [6, 6.07) is 4.14. The highest BCUT2D eigenvalue weighted by atomic mass is 32.2. The highest BCUT2D eigenvalue weighted by Crippen LogP contribution is 2.20. The van der Waals surface area contributed by atoms with Gasteiger partial charge in [-0.3, -0.25) is 19.7 Å². The van der Waals surface area contributed by atoms with E-state index in [1.807, 2.05) is 13.8 Å². The molecule has 26 heavy (non-hydrogen) atoms. The maximum absolute atomic E-state index is 12.4. The zero-order chi connectivity index (χ0) is 19.9. The number of nitrogens with zero attached hydrogens (tertiary/aromatic N) is 1. The summed E-state index contributed by atoms with van der Waals surface area (Å²) in [7, 11) is -4.09. The van der Waals surface area contributed by atoms with Gasteiger partial charge in [0, 0.05) is 18.2 Å². The fourth-order valence-electron chi connectivity index (χ4n) is 2.10. The summed E-state index contributed by atoms with van der Waals surface area (Å²) < 4.78 is 29.6. The third kappa shape index (κ3) is 5.51. The summed E-state index contributed by atoms with van der Waals surface area (Å²) in [5, 5.41) is 11.7. The number of non-ortho nitro benzene ring substituents is 1. The second-order valence-corrected chi connectivity index (χ2v) is 7.90. The summed E-state index contributed by atoms with van der Waals surface area (Å²) in [4.78, 5) is 33.4. The van der Waals surface area contributed by atoms with E-state index in [9.17, 15) is 28.1 Å². The molecule has 0 bridgehead atoms. The van der Waals surface area contributed by atoms with E-state index < -0.39 is 38.5 Å². The van der Waals surface area contributed by atoms with Crippen molar-refractivity contribution >= 4 is 27.4 Å². The molecule has 1 aromatic rings. The van der Waals surface area contributed by atoms with Gasteiger partial charge in [-0.25, -0.2) is 8.42 Å². The minimum Gasteiger partial charge on any atom is -0.455 e. The predicted molar refractivity (Wildman–Crippen MR) is 93.2 cm³/mol. The number of benzene rings is 1. The Kier molecular flexibility index (Phi) is 7.69. The van der Waals surface area contributed by atoms with Crippen molar-refractivity contribution in [1.29, 1.82) is 0 Å². The Morgan fingerprint density at radius 1 is 1.19 bits per heavy atom. The lowest BCUT2D eigenvalue weighted by Gasteiger charge is -2.16. The third-order valence-electron chi connectivity index (χ3n) is 3.87. The molecule has 1 N–H and O–H groups in total. The summed E-state index contributed by atoms with van der Waals surface area (Å²) >= 11 is 0. The molecule has 144 valence electrons. The van der Waals surface area contributed by atoms with Crippen LogP contribution in [-0.2, 0) is 24.2 Å². The molecule has 1 aromatic carbocycles. The molecular formula is C16H22N2O7S. The van der Waals surface area contributed by atoms with E-state index >= 15 is 0 Å². The van der Waals surface area contributed by atoms with Crippen molar-refractivity contribution in [3.05, 3.63) is 34.4 Å². The Morgan fingerprint density at radius 3 is 2.19 bits per heavy atom. The van der Waals surface area contributed by atoms with Crippen LogP contribution in [0.25, 0.3) is 0 Å². The molecule has 1 rings (SSSR count). The van der Waals surface area contributed by atoms with Crippen LogP contribution in [0.5, 0.6) is 0 Å². The van der Waals surface area contributed by atoms with E-state index in [0.717, 1.165) is 44.0 Å². The molecule has 0 radical (unpaired) electrons. The summed E-state index contributed by atoms with van der Waals surface area (Å²) in [6.45, 7) is 4.37. The van der Waals surface area contributed by atoms with Gasteiger partial charge in [0.25, 0.3) is 11.6 Å². The lowest BCUT2D eigenvalue weighted by Crippen LogP contribution is -2.38. The average molecular weight is 386 g/mol. The van der Waals surface area contributed by atoms with Crippen LogP contribution in [0.15, 0.2) is 29.2 Å². The van der Waals surface area contributed by atoms with Crippen molar-refractivity contribution in [3.63, 3.8) is 0 Å². The van der Waals surface area contributed by atoms with Crippen molar-refractivity contribution in [3.8, 4) is 0 Å². The fraction of sp³-hybridized carbons (Fsp3) is 0.500. The molecule has 0 aliphatic carbocycles. The van der Waals surface area contributed by atoms with Crippen LogP contribution in [0.3, 0.4) is 0 Å². The lowest BCUT2D eigenvalue weighted by atomic mass is 10.2. The first-order chi connectivity index (χ1) is 12.1. The second-order valence-electron chi connectivity index (χ2n) is 5.63. The van der Waals surface area contributed by atoms with Crippen LogP contribution >= 0.6 is 0 Å². The highest BCUT2D eigenvalue weighted by Gasteiger charge is 2.32. The van der Waals surface area contributed by atoms with Crippen LogP contribution in [0.2, 0.25) is 0 Å². The molecule has 0 saturated heterocycles. The number of carbonyl (C=O) groups is 2. The molecule has 1 atom stereocenters. The van der Waals surface area contributed by atoms with Gasteiger partial charge >= 0.3 is 5.97 Å². The zero-order valence-corrected chi connectivity index (χ0v) is 15.6. The molecule has 0 aliphatic heterocycles. The zero-order valence-electron chi connectivity index (χ0n) is 14.8. The molecule has 0 aliphatic rings. The number of esters is 1. The molecule has 0 saturated carbocycles. The molecule has 0 spiro atoms. The Balaban J connectivity index is 2.74. The van der Waals surface area contributed by atoms with Crippen LogP contribution < -0.4 is 5.32 Å². The van der Waals surface area contributed by atoms with Crippen molar-refractivity contribution in [2.45, 2.75) is 49.8 Å². The van der Waals surface area contributed by atoms with Gasteiger partial charge in [-0.1, -0.05) is 13.8 Å². The van der Waals surface area contributed by atoms with Gasteiger partial charge in [0.1, 0.15) is 0 Å². The van der Waals surface area contributed by atoms with E-state index in [1.54, 1.807) is 0 Å². The minimum atomic E-state index is -4.09.